The van der Waals surface area contributed by atoms with Gasteiger partial charge in [-0.25, -0.2) is 9.48 Å². The smallest absolute Gasteiger partial charge is 0.359 e. The summed E-state index contributed by atoms with van der Waals surface area (Å²) < 4.78 is 6.76. The Kier molecular flexibility index (Phi) is 5.16. The van der Waals surface area contributed by atoms with Gasteiger partial charge in [-0.2, -0.15) is 5.10 Å². The number of carbonyl (C=O) groups excluding carboxylic acids is 2. The molecule has 1 amide bonds. The Morgan fingerprint density at radius 2 is 1.80 bits per heavy atom. The number of rotatable bonds is 4. The Hall–Kier alpha value is -2.63. The molecule has 3 rings (SSSR count). The zero-order valence-electron chi connectivity index (χ0n) is 14.6. The van der Waals surface area contributed by atoms with Crippen molar-refractivity contribution in [1.29, 1.82) is 0 Å². The number of hydrogen-bond donors (Lipinski definition) is 0. The second-order valence-electron chi connectivity index (χ2n) is 6.80. The number of aromatic nitrogens is 2. The standard InChI is InChI=1S/C19H23N3O3/c1-14-10-15(2)12-21(11-14)18(23)13-25-19(24)17-8-9-22(20-17)16-6-4-3-5-7-16/h3-9,14-15H,10-13H2,1-2H3. The molecule has 1 fully saturated rings. The Morgan fingerprint density at radius 1 is 1.12 bits per heavy atom. The second kappa shape index (κ2) is 7.51. The van der Waals surface area contributed by atoms with Crippen molar-refractivity contribution < 1.29 is 14.3 Å². The minimum absolute atomic E-state index is 0.144. The van der Waals surface area contributed by atoms with Gasteiger partial charge >= 0.3 is 5.97 Å². The quantitative estimate of drug-likeness (QED) is 0.802. The van der Waals surface area contributed by atoms with Gasteiger partial charge in [-0.1, -0.05) is 32.0 Å². The van der Waals surface area contributed by atoms with Crippen molar-refractivity contribution in [3.05, 3.63) is 48.3 Å². The van der Waals surface area contributed by atoms with E-state index in [1.807, 2.05) is 30.3 Å². The summed E-state index contributed by atoms with van der Waals surface area (Å²) in [6.07, 6.45) is 2.82. The van der Waals surface area contributed by atoms with Crippen LogP contribution in [-0.4, -0.2) is 46.3 Å². The van der Waals surface area contributed by atoms with E-state index in [0.717, 1.165) is 25.2 Å². The molecular weight excluding hydrogens is 318 g/mol. The van der Waals surface area contributed by atoms with Gasteiger partial charge in [0.15, 0.2) is 12.3 Å². The lowest BCUT2D eigenvalue weighted by molar-refractivity contribution is -0.137. The highest BCUT2D eigenvalue weighted by molar-refractivity contribution is 5.89. The molecule has 6 nitrogen and oxygen atoms in total. The molecule has 0 saturated carbocycles. The van der Waals surface area contributed by atoms with E-state index in [1.165, 1.54) is 0 Å². The van der Waals surface area contributed by atoms with E-state index in [1.54, 1.807) is 21.8 Å². The summed E-state index contributed by atoms with van der Waals surface area (Å²) in [6, 6.07) is 11.1. The molecule has 132 valence electrons. The molecule has 0 spiro atoms. The molecular formula is C19H23N3O3. The van der Waals surface area contributed by atoms with Crippen LogP contribution in [-0.2, 0) is 9.53 Å². The largest absolute Gasteiger partial charge is 0.451 e. The Bertz CT molecular complexity index is 731. The van der Waals surface area contributed by atoms with Crippen molar-refractivity contribution in [3.8, 4) is 5.69 Å². The molecule has 1 aliphatic heterocycles. The van der Waals surface area contributed by atoms with Crippen LogP contribution in [0.4, 0.5) is 0 Å². The maximum absolute atomic E-state index is 12.3. The number of likely N-dealkylation sites (tertiary alicyclic amines) is 1. The number of amides is 1. The van der Waals surface area contributed by atoms with E-state index in [-0.39, 0.29) is 18.2 Å². The second-order valence-corrected chi connectivity index (χ2v) is 6.80. The molecule has 2 heterocycles. The molecule has 1 saturated heterocycles. The average molecular weight is 341 g/mol. The third-order valence-electron chi connectivity index (χ3n) is 4.37. The van der Waals surface area contributed by atoms with Crippen molar-refractivity contribution in [3.63, 3.8) is 0 Å². The molecule has 25 heavy (non-hydrogen) atoms. The van der Waals surface area contributed by atoms with Gasteiger partial charge in [0.25, 0.3) is 5.91 Å². The summed E-state index contributed by atoms with van der Waals surface area (Å²) in [5.74, 6) is 0.227. The van der Waals surface area contributed by atoms with E-state index in [0.29, 0.717) is 11.8 Å². The number of piperidine rings is 1. The van der Waals surface area contributed by atoms with E-state index >= 15 is 0 Å². The summed E-state index contributed by atoms with van der Waals surface area (Å²) >= 11 is 0. The third-order valence-corrected chi connectivity index (χ3v) is 4.37. The maximum Gasteiger partial charge on any atom is 0.359 e. The fourth-order valence-electron chi connectivity index (χ4n) is 3.32. The lowest BCUT2D eigenvalue weighted by Gasteiger charge is -2.34. The van der Waals surface area contributed by atoms with Gasteiger partial charge in [-0.15, -0.1) is 0 Å². The molecule has 2 aromatic rings. The lowest BCUT2D eigenvalue weighted by atomic mass is 9.92. The summed E-state index contributed by atoms with van der Waals surface area (Å²) in [5, 5.41) is 4.21. The summed E-state index contributed by atoms with van der Waals surface area (Å²) in [6.45, 7) is 5.49. The van der Waals surface area contributed by atoms with Gasteiger partial charge in [0.1, 0.15) is 0 Å². The fourth-order valence-corrected chi connectivity index (χ4v) is 3.32. The van der Waals surface area contributed by atoms with Gasteiger partial charge < -0.3 is 9.64 Å². The van der Waals surface area contributed by atoms with Crippen LogP contribution in [0.25, 0.3) is 5.69 Å². The number of esters is 1. The van der Waals surface area contributed by atoms with Crippen molar-refractivity contribution >= 4 is 11.9 Å². The SMILES string of the molecule is CC1CC(C)CN(C(=O)COC(=O)c2ccn(-c3ccccc3)n2)C1. The minimum atomic E-state index is -0.582. The van der Waals surface area contributed by atoms with Crippen LogP contribution in [0.15, 0.2) is 42.6 Å². The van der Waals surface area contributed by atoms with Gasteiger partial charge in [0.2, 0.25) is 0 Å². The van der Waals surface area contributed by atoms with Crippen LogP contribution in [0.5, 0.6) is 0 Å². The van der Waals surface area contributed by atoms with Crippen molar-refractivity contribution in [2.24, 2.45) is 11.8 Å². The van der Waals surface area contributed by atoms with Gasteiger partial charge in [0, 0.05) is 19.3 Å². The highest BCUT2D eigenvalue weighted by Crippen LogP contribution is 2.21. The van der Waals surface area contributed by atoms with Crippen molar-refractivity contribution in [1.82, 2.24) is 14.7 Å². The molecule has 0 aliphatic carbocycles. The van der Waals surface area contributed by atoms with E-state index in [4.69, 9.17) is 4.74 Å². The predicted octanol–water partition coefficient (Wildman–Crippen LogP) is 2.53. The molecule has 2 unspecified atom stereocenters. The Labute approximate surface area is 147 Å². The van der Waals surface area contributed by atoms with Crippen LogP contribution in [0.3, 0.4) is 0 Å². The molecule has 1 aromatic heterocycles. The van der Waals surface area contributed by atoms with Gasteiger partial charge in [-0.05, 0) is 36.5 Å². The molecule has 6 heteroatoms. The predicted molar refractivity (Wildman–Crippen MR) is 93.4 cm³/mol. The lowest BCUT2D eigenvalue weighted by Crippen LogP contribution is -2.44. The number of benzene rings is 1. The number of para-hydroxylation sites is 1. The van der Waals surface area contributed by atoms with Gasteiger partial charge in [0.05, 0.1) is 5.69 Å². The molecule has 1 aliphatic rings. The van der Waals surface area contributed by atoms with Crippen molar-refractivity contribution in [2.75, 3.05) is 19.7 Å². The molecule has 0 bridgehead atoms. The highest BCUT2D eigenvalue weighted by atomic mass is 16.5. The summed E-state index contributed by atoms with van der Waals surface area (Å²) in [5.41, 5.74) is 1.05. The molecule has 0 N–H and O–H groups in total. The first kappa shape index (κ1) is 17.2. The number of nitrogens with zero attached hydrogens (tertiary/aromatic N) is 3. The number of carbonyl (C=O) groups is 2. The van der Waals surface area contributed by atoms with Crippen molar-refractivity contribution in [2.45, 2.75) is 20.3 Å². The van der Waals surface area contributed by atoms with Crippen LogP contribution in [0, 0.1) is 11.8 Å². The van der Waals surface area contributed by atoms with Crippen LogP contribution in [0.2, 0.25) is 0 Å². The zero-order chi connectivity index (χ0) is 17.8. The Balaban J connectivity index is 1.56. The Morgan fingerprint density at radius 3 is 2.48 bits per heavy atom. The van der Waals surface area contributed by atoms with E-state index < -0.39 is 5.97 Å². The zero-order valence-corrected chi connectivity index (χ0v) is 14.6. The molecule has 0 radical (unpaired) electrons. The topological polar surface area (TPSA) is 64.4 Å². The molecule has 1 aromatic carbocycles. The van der Waals surface area contributed by atoms with Crippen LogP contribution < -0.4 is 0 Å². The average Bonchev–Trinajstić information content (AvgIpc) is 3.09. The van der Waals surface area contributed by atoms with E-state index in [2.05, 4.69) is 18.9 Å². The number of hydrogen-bond acceptors (Lipinski definition) is 4. The van der Waals surface area contributed by atoms with Gasteiger partial charge in [-0.3, -0.25) is 4.79 Å². The molecule has 2 atom stereocenters. The third kappa shape index (κ3) is 4.26. The first-order valence-corrected chi connectivity index (χ1v) is 8.59. The highest BCUT2D eigenvalue weighted by Gasteiger charge is 2.26. The summed E-state index contributed by atoms with van der Waals surface area (Å²) in [7, 11) is 0. The monoisotopic (exact) mass is 341 g/mol. The number of ether oxygens (including phenoxy) is 1. The summed E-state index contributed by atoms with van der Waals surface area (Å²) in [4.78, 5) is 26.2. The van der Waals surface area contributed by atoms with E-state index in [9.17, 15) is 9.59 Å². The minimum Gasteiger partial charge on any atom is -0.451 e. The first-order valence-electron chi connectivity index (χ1n) is 8.59. The normalized spacial score (nSPS) is 20.3. The van der Waals surface area contributed by atoms with Crippen LogP contribution >= 0.6 is 0 Å². The first-order chi connectivity index (χ1) is 12.0. The van der Waals surface area contributed by atoms with Crippen LogP contribution in [0.1, 0.15) is 30.8 Å². The fraction of sp³-hybridized carbons (Fsp3) is 0.421. The maximum atomic E-state index is 12.3.